The molecule has 0 saturated heterocycles. The molecule has 0 spiro atoms. The Hall–Kier alpha value is -1.14. The Kier molecular flexibility index (Phi) is 5.31. The van der Waals surface area contributed by atoms with Gasteiger partial charge in [0.25, 0.3) is 0 Å². The van der Waals surface area contributed by atoms with Crippen molar-refractivity contribution in [1.29, 1.82) is 0 Å². The summed E-state index contributed by atoms with van der Waals surface area (Å²) in [6.45, 7) is 2.59. The van der Waals surface area contributed by atoms with Crippen LogP contribution in [0.25, 0.3) is 0 Å². The fraction of sp³-hybridized carbons (Fsp3) is 0.538. The number of benzene rings is 1. The van der Waals surface area contributed by atoms with Crippen LogP contribution in [0.1, 0.15) is 25.0 Å². The van der Waals surface area contributed by atoms with Gasteiger partial charge in [0.15, 0.2) is 0 Å². The minimum Gasteiger partial charge on any atom is -0.326 e. The molecule has 0 radical (unpaired) electrons. The normalized spacial score (nSPS) is 12.5. The van der Waals surface area contributed by atoms with E-state index in [-0.39, 0.29) is 19.1 Å². The second-order valence-corrected chi connectivity index (χ2v) is 4.73. The molecule has 0 saturated carbocycles. The molecule has 1 aromatic rings. The van der Waals surface area contributed by atoms with Gasteiger partial charge in [0.1, 0.15) is 5.82 Å². The number of alkyl halides is 3. The molecular formula is C13H18F4N2. The molecule has 0 unspecified atom stereocenters. The number of nitrogens with two attached hydrogens (primary N) is 1. The molecule has 0 bridgehead atoms. The summed E-state index contributed by atoms with van der Waals surface area (Å²) in [5.41, 5.74) is 6.65. The van der Waals surface area contributed by atoms with Gasteiger partial charge in [0.2, 0.25) is 0 Å². The second-order valence-electron chi connectivity index (χ2n) is 4.73. The molecule has 19 heavy (non-hydrogen) atoms. The largest absolute Gasteiger partial charge is 0.401 e. The topological polar surface area (TPSA) is 29.3 Å². The van der Waals surface area contributed by atoms with Crippen molar-refractivity contribution < 1.29 is 17.6 Å². The quantitative estimate of drug-likeness (QED) is 0.839. The lowest BCUT2D eigenvalue weighted by molar-refractivity contribution is -0.150. The molecule has 0 aliphatic carbocycles. The Labute approximate surface area is 110 Å². The van der Waals surface area contributed by atoms with Gasteiger partial charge in [-0.2, -0.15) is 13.2 Å². The van der Waals surface area contributed by atoms with E-state index in [2.05, 4.69) is 0 Å². The number of hydrogen-bond donors (Lipinski definition) is 1. The first-order chi connectivity index (χ1) is 8.73. The summed E-state index contributed by atoms with van der Waals surface area (Å²) in [5.74, 6) is -0.434. The van der Waals surface area contributed by atoms with Crippen LogP contribution in [0.4, 0.5) is 17.6 Å². The lowest BCUT2D eigenvalue weighted by Crippen LogP contribution is -2.38. The van der Waals surface area contributed by atoms with E-state index in [0.29, 0.717) is 11.1 Å². The Bertz CT molecular complexity index is 416. The van der Waals surface area contributed by atoms with Gasteiger partial charge in [0, 0.05) is 19.1 Å². The van der Waals surface area contributed by atoms with Crippen molar-refractivity contribution in [2.45, 2.75) is 39.2 Å². The molecule has 108 valence electrons. The van der Waals surface area contributed by atoms with Gasteiger partial charge in [-0.15, -0.1) is 0 Å². The predicted octanol–water partition coefficient (Wildman–Crippen LogP) is 3.06. The molecule has 0 aliphatic rings. The van der Waals surface area contributed by atoms with Crippen molar-refractivity contribution in [2.75, 3.05) is 6.54 Å². The van der Waals surface area contributed by atoms with Crippen LogP contribution in [-0.4, -0.2) is 23.7 Å². The van der Waals surface area contributed by atoms with Gasteiger partial charge in [-0.25, -0.2) is 4.39 Å². The monoisotopic (exact) mass is 278 g/mol. The molecule has 0 fully saturated rings. The van der Waals surface area contributed by atoms with E-state index in [1.54, 1.807) is 13.8 Å². The summed E-state index contributed by atoms with van der Waals surface area (Å²) in [7, 11) is 0. The smallest absolute Gasteiger partial charge is 0.326 e. The van der Waals surface area contributed by atoms with Crippen LogP contribution in [0.15, 0.2) is 18.2 Å². The molecule has 0 atom stereocenters. The van der Waals surface area contributed by atoms with E-state index in [1.807, 2.05) is 0 Å². The summed E-state index contributed by atoms with van der Waals surface area (Å²) in [6, 6.07) is 3.72. The van der Waals surface area contributed by atoms with Crippen molar-refractivity contribution in [3.8, 4) is 0 Å². The van der Waals surface area contributed by atoms with Crippen molar-refractivity contribution in [1.82, 2.24) is 4.90 Å². The van der Waals surface area contributed by atoms with Crippen LogP contribution < -0.4 is 5.73 Å². The third kappa shape index (κ3) is 5.16. The zero-order valence-corrected chi connectivity index (χ0v) is 11.0. The Morgan fingerprint density at radius 3 is 2.32 bits per heavy atom. The van der Waals surface area contributed by atoms with Crippen LogP contribution in [0.3, 0.4) is 0 Å². The molecule has 0 amide bonds. The van der Waals surface area contributed by atoms with Gasteiger partial charge in [-0.1, -0.05) is 6.07 Å². The van der Waals surface area contributed by atoms with Gasteiger partial charge < -0.3 is 5.73 Å². The van der Waals surface area contributed by atoms with Crippen molar-refractivity contribution in [3.05, 3.63) is 35.1 Å². The maximum Gasteiger partial charge on any atom is 0.401 e. The van der Waals surface area contributed by atoms with Crippen molar-refractivity contribution in [2.24, 2.45) is 5.73 Å². The van der Waals surface area contributed by atoms with E-state index >= 15 is 0 Å². The van der Waals surface area contributed by atoms with Gasteiger partial charge in [0.05, 0.1) is 6.54 Å². The first-order valence-electron chi connectivity index (χ1n) is 6.01. The SMILES string of the molecule is CC(C)N(Cc1ccc(F)cc1CN)CC(F)(F)F. The highest BCUT2D eigenvalue weighted by atomic mass is 19.4. The Balaban J connectivity index is 2.90. The molecule has 2 N–H and O–H groups in total. The van der Waals surface area contributed by atoms with E-state index in [9.17, 15) is 17.6 Å². The van der Waals surface area contributed by atoms with Gasteiger partial charge in [-0.3, -0.25) is 4.90 Å². The van der Waals surface area contributed by atoms with E-state index in [0.717, 1.165) is 0 Å². The molecule has 2 nitrogen and oxygen atoms in total. The first-order valence-corrected chi connectivity index (χ1v) is 6.01. The number of rotatable bonds is 5. The zero-order valence-electron chi connectivity index (χ0n) is 11.0. The third-order valence-electron chi connectivity index (χ3n) is 2.87. The Morgan fingerprint density at radius 1 is 1.21 bits per heavy atom. The summed E-state index contributed by atoms with van der Waals surface area (Å²) in [5, 5.41) is 0. The van der Waals surface area contributed by atoms with E-state index < -0.39 is 18.5 Å². The number of nitrogens with zero attached hydrogens (tertiary/aromatic N) is 1. The average molecular weight is 278 g/mol. The van der Waals surface area contributed by atoms with Crippen molar-refractivity contribution in [3.63, 3.8) is 0 Å². The predicted molar refractivity (Wildman–Crippen MR) is 65.9 cm³/mol. The maximum absolute atomic E-state index is 13.1. The molecule has 0 heterocycles. The summed E-state index contributed by atoms with van der Waals surface area (Å²) < 4.78 is 50.5. The summed E-state index contributed by atoms with van der Waals surface area (Å²) in [4.78, 5) is 1.28. The minimum atomic E-state index is -4.26. The highest BCUT2D eigenvalue weighted by molar-refractivity contribution is 5.27. The third-order valence-corrected chi connectivity index (χ3v) is 2.87. The molecule has 6 heteroatoms. The van der Waals surface area contributed by atoms with E-state index in [1.165, 1.54) is 23.1 Å². The fourth-order valence-electron chi connectivity index (χ4n) is 1.81. The summed E-state index contributed by atoms with van der Waals surface area (Å²) >= 11 is 0. The zero-order chi connectivity index (χ0) is 14.6. The van der Waals surface area contributed by atoms with Crippen molar-refractivity contribution >= 4 is 0 Å². The molecule has 1 aromatic carbocycles. The molecular weight excluding hydrogens is 260 g/mol. The van der Waals surface area contributed by atoms with E-state index in [4.69, 9.17) is 5.73 Å². The fourth-order valence-corrected chi connectivity index (χ4v) is 1.81. The van der Waals surface area contributed by atoms with Crippen LogP contribution >= 0.6 is 0 Å². The van der Waals surface area contributed by atoms with Crippen LogP contribution in [-0.2, 0) is 13.1 Å². The minimum absolute atomic E-state index is 0.101. The first kappa shape index (κ1) is 15.9. The van der Waals surface area contributed by atoms with Gasteiger partial charge in [-0.05, 0) is 37.1 Å². The highest BCUT2D eigenvalue weighted by Gasteiger charge is 2.31. The highest BCUT2D eigenvalue weighted by Crippen LogP contribution is 2.21. The van der Waals surface area contributed by atoms with Crippen LogP contribution in [0.2, 0.25) is 0 Å². The second kappa shape index (κ2) is 6.34. The Morgan fingerprint density at radius 2 is 1.84 bits per heavy atom. The number of hydrogen-bond acceptors (Lipinski definition) is 2. The van der Waals surface area contributed by atoms with Crippen LogP contribution in [0.5, 0.6) is 0 Å². The average Bonchev–Trinajstić information content (AvgIpc) is 2.28. The molecule has 0 aromatic heterocycles. The maximum atomic E-state index is 13.1. The molecule has 1 rings (SSSR count). The lowest BCUT2D eigenvalue weighted by atomic mass is 10.1. The van der Waals surface area contributed by atoms with Crippen LogP contribution in [0, 0.1) is 5.82 Å². The number of halogens is 4. The standard InChI is InChI=1S/C13H18F4N2/c1-9(2)19(8-13(15,16)17)7-10-3-4-12(14)5-11(10)6-18/h3-5,9H,6-8,18H2,1-2H3. The summed E-state index contributed by atoms with van der Waals surface area (Å²) in [6.07, 6.45) is -4.26. The molecule has 0 aliphatic heterocycles. The lowest BCUT2D eigenvalue weighted by Gasteiger charge is -2.28. The van der Waals surface area contributed by atoms with Gasteiger partial charge >= 0.3 is 6.18 Å².